The summed E-state index contributed by atoms with van der Waals surface area (Å²) in [5.41, 5.74) is 1.38. The lowest BCUT2D eigenvalue weighted by Crippen LogP contribution is -2.38. The van der Waals surface area contributed by atoms with Crippen LogP contribution in [0.15, 0.2) is 11.6 Å². The van der Waals surface area contributed by atoms with Crippen LogP contribution in [0.2, 0.25) is 0 Å². The Kier molecular flexibility index (Phi) is 4.18. The first-order valence-corrected chi connectivity index (χ1v) is 5.97. The highest BCUT2D eigenvalue weighted by molar-refractivity contribution is 5.07. The Hall–Kier alpha value is -0.380. The Morgan fingerprint density at radius 3 is 3.13 bits per heavy atom. The van der Waals surface area contributed by atoms with Crippen LogP contribution in [0.25, 0.3) is 0 Å². The maximum atomic E-state index is 5.64. The van der Waals surface area contributed by atoms with Crippen LogP contribution in [-0.2, 0) is 9.47 Å². The standard InChI is InChI=1S/C12H21NO2/c1-10(12-5-3-7-15-12)13-8-11-4-2-6-14-9-11/h4,10,12-13H,2-3,5-9H2,1H3. The fraction of sp³-hybridized carbons (Fsp3) is 0.833. The van der Waals surface area contributed by atoms with Crippen molar-refractivity contribution < 1.29 is 9.47 Å². The topological polar surface area (TPSA) is 30.5 Å². The van der Waals surface area contributed by atoms with Crippen molar-refractivity contribution in [1.82, 2.24) is 5.32 Å². The van der Waals surface area contributed by atoms with Gasteiger partial charge in [-0.1, -0.05) is 6.08 Å². The molecule has 1 fully saturated rings. The third-order valence-electron chi connectivity index (χ3n) is 3.16. The van der Waals surface area contributed by atoms with Crippen LogP contribution < -0.4 is 5.32 Å². The summed E-state index contributed by atoms with van der Waals surface area (Å²) in [5.74, 6) is 0. The van der Waals surface area contributed by atoms with Crippen molar-refractivity contribution in [2.45, 2.75) is 38.3 Å². The van der Waals surface area contributed by atoms with Crippen molar-refractivity contribution in [1.29, 1.82) is 0 Å². The van der Waals surface area contributed by atoms with Gasteiger partial charge in [0.2, 0.25) is 0 Å². The Morgan fingerprint density at radius 1 is 1.53 bits per heavy atom. The largest absolute Gasteiger partial charge is 0.377 e. The van der Waals surface area contributed by atoms with Gasteiger partial charge in [0, 0.05) is 19.2 Å². The number of nitrogens with one attached hydrogen (secondary N) is 1. The molecule has 0 radical (unpaired) electrons. The third kappa shape index (κ3) is 3.30. The van der Waals surface area contributed by atoms with Crippen LogP contribution in [-0.4, -0.2) is 38.5 Å². The zero-order chi connectivity index (χ0) is 10.5. The van der Waals surface area contributed by atoms with Crippen molar-refractivity contribution in [3.8, 4) is 0 Å². The molecule has 2 aliphatic heterocycles. The molecule has 0 bridgehead atoms. The molecule has 3 heteroatoms. The van der Waals surface area contributed by atoms with Crippen LogP contribution >= 0.6 is 0 Å². The molecule has 2 unspecified atom stereocenters. The van der Waals surface area contributed by atoms with Crippen molar-refractivity contribution in [3.63, 3.8) is 0 Å². The predicted octanol–water partition coefficient (Wildman–Crippen LogP) is 1.49. The first kappa shape index (κ1) is 11.1. The molecule has 0 amide bonds. The van der Waals surface area contributed by atoms with E-state index >= 15 is 0 Å². The van der Waals surface area contributed by atoms with Crippen molar-refractivity contribution in [2.75, 3.05) is 26.4 Å². The van der Waals surface area contributed by atoms with Crippen molar-refractivity contribution in [2.24, 2.45) is 0 Å². The van der Waals surface area contributed by atoms with E-state index in [4.69, 9.17) is 9.47 Å². The van der Waals surface area contributed by atoms with Gasteiger partial charge in [0.25, 0.3) is 0 Å². The molecule has 2 heterocycles. The van der Waals surface area contributed by atoms with E-state index < -0.39 is 0 Å². The molecule has 15 heavy (non-hydrogen) atoms. The zero-order valence-electron chi connectivity index (χ0n) is 9.50. The quantitative estimate of drug-likeness (QED) is 0.715. The minimum atomic E-state index is 0.412. The Bertz CT molecular complexity index is 222. The van der Waals surface area contributed by atoms with Gasteiger partial charge in [0.15, 0.2) is 0 Å². The van der Waals surface area contributed by atoms with Crippen LogP contribution in [0.1, 0.15) is 26.2 Å². The zero-order valence-corrected chi connectivity index (χ0v) is 9.50. The number of hydrogen-bond acceptors (Lipinski definition) is 3. The summed E-state index contributed by atoms with van der Waals surface area (Å²) in [7, 11) is 0. The molecule has 1 saturated heterocycles. The monoisotopic (exact) mass is 211 g/mol. The molecule has 2 aliphatic rings. The number of ether oxygens (including phenoxy) is 2. The van der Waals surface area contributed by atoms with Crippen LogP contribution in [0.4, 0.5) is 0 Å². The fourth-order valence-corrected chi connectivity index (χ4v) is 2.15. The van der Waals surface area contributed by atoms with Gasteiger partial charge < -0.3 is 14.8 Å². The van der Waals surface area contributed by atoms with E-state index in [2.05, 4.69) is 18.3 Å². The predicted molar refractivity (Wildman–Crippen MR) is 60.0 cm³/mol. The summed E-state index contributed by atoms with van der Waals surface area (Å²) in [6.07, 6.45) is 6.17. The SMILES string of the molecule is CC(NCC1=CCCOC1)C1CCCO1. The molecule has 0 aromatic heterocycles. The fourth-order valence-electron chi connectivity index (χ4n) is 2.15. The van der Waals surface area contributed by atoms with E-state index in [0.717, 1.165) is 32.8 Å². The van der Waals surface area contributed by atoms with Crippen LogP contribution in [0.5, 0.6) is 0 Å². The van der Waals surface area contributed by atoms with E-state index in [9.17, 15) is 0 Å². The Labute approximate surface area is 91.8 Å². The highest BCUT2D eigenvalue weighted by Crippen LogP contribution is 2.15. The van der Waals surface area contributed by atoms with E-state index in [0.29, 0.717) is 12.1 Å². The second-order valence-electron chi connectivity index (χ2n) is 4.42. The van der Waals surface area contributed by atoms with Gasteiger partial charge in [-0.15, -0.1) is 0 Å². The van der Waals surface area contributed by atoms with E-state index in [1.165, 1.54) is 18.4 Å². The molecule has 1 N–H and O–H groups in total. The first-order valence-electron chi connectivity index (χ1n) is 5.97. The molecule has 2 rings (SSSR count). The summed E-state index contributed by atoms with van der Waals surface area (Å²) >= 11 is 0. The maximum Gasteiger partial charge on any atom is 0.0726 e. The summed E-state index contributed by atoms with van der Waals surface area (Å²) in [6.45, 7) is 5.76. The minimum absolute atomic E-state index is 0.412. The van der Waals surface area contributed by atoms with Gasteiger partial charge in [0.1, 0.15) is 0 Å². The second-order valence-corrected chi connectivity index (χ2v) is 4.42. The van der Waals surface area contributed by atoms with Gasteiger partial charge in [-0.05, 0) is 31.8 Å². The summed E-state index contributed by atoms with van der Waals surface area (Å²) in [5, 5.41) is 3.52. The summed E-state index contributed by atoms with van der Waals surface area (Å²) in [6, 6.07) is 0.454. The summed E-state index contributed by atoms with van der Waals surface area (Å²) < 4.78 is 11.0. The lowest BCUT2D eigenvalue weighted by Gasteiger charge is -2.22. The van der Waals surface area contributed by atoms with E-state index in [-0.39, 0.29) is 0 Å². The molecular weight excluding hydrogens is 190 g/mol. The number of hydrogen-bond donors (Lipinski definition) is 1. The van der Waals surface area contributed by atoms with Crippen LogP contribution in [0, 0.1) is 0 Å². The smallest absolute Gasteiger partial charge is 0.0726 e. The molecule has 0 saturated carbocycles. The van der Waals surface area contributed by atoms with Crippen molar-refractivity contribution in [3.05, 3.63) is 11.6 Å². The van der Waals surface area contributed by atoms with Gasteiger partial charge in [-0.3, -0.25) is 0 Å². The highest BCUT2D eigenvalue weighted by Gasteiger charge is 2.21. The Balaban J connectivity index is 1.69. The van der Waals surface area contributed by atoms with Crippen LogP contribution in [0.3, 0.4) is 0 Å². The molecule has 0 aliphatic carbocycles. The highest BCUT2D eigenvalue weighted by atomic mass is 16.5. The molecule has 3 nitrogen and oxygen atoms in total. The van der Waals surface area contributed by atoms with Crippen molar-refractivity contribution >= 4 is 0 Å². The van der Waals surface area contributed by atoms with E-state index in [1.54, 1.807) is 0 Å². The lowest BCUT2D eigenvalue weighted by atomic mass is 10.1. The van der Waals surface area contributed by atoms with Gasteiger partial charge >= 0.3 is 0 Å². The molecule has 2 atom stereocenters. The first-order chi connectivity index (χ1) is 7.36. The Morgan fingerprint density at radius 2 is 2.47 bits per heavy atom. The second kappa shape index (κ2) is 5.64. The molecule has 0 aromatic carbocycles. The third-order valence-corrected chi connectivity index (χ3v) is 3.16. The van der Waals surface area contributed by atoms with Gasteiger partial charge in [0.05, 0.1) is 19.3 Å². The minimum Gasteiger partial charge on any atom is -0.377 e. The lowest BCUT2D eigenvalue weighted by molar-refractivity contribution is 0.0836. The average Bonchev–Trinajstić information content (AvgIpc) is 2.81. The summed E-state index contributed by atoms with van der Waals surface area (Å²) in [4.78, 5) is 0. The van der Waals surface area contributed by atoms with Gasteiger partial charge in [-0.2, -0.15) is 0 Å². The molecule has 0 spiro atoms. The van der Waals surface area contributed by atoms with Gasteiger partial charge in [-0.25, -0.2) is 0 Å². The van der Waals surface area contributed by atoms with E-state index in [1.807, 2.05) is 0 Å². The average molecular weight is 211 g/mol. The normalized spacial score (nSPS) is 28.9. The molecule has 0 aromatic rings. The molecule has 86 valence electrons. The maximum absolute atomic E-state index is 5.64. The molecular formula is C12H21NO2. The number of rotatable bonds is 4.